The lowest BCUT2D eigenvalue weighted by Gasteiger charge is -2.03. The van der Waals surface area contributed by atoms with Crippen molar-refractivity contribution in [3.8, 4) is 0 Å². The van der Waals surface area contributed by atoms with Crippen LogP contribution in [0, 0.1) is 0 Å². The van der Waals surface area contributed by atoms with Crippen LogP contribution in [0.3, 0.4) is 0 Å². The number of rotatable bonds is 4. The predicted molar refractivity (Wildman–Crippen MR) is 63.5 cm³/mol. The van der Waals surface area contributed by atoms with Crippen LogP contribution >= 0.6 is 0 Å². The normalized spacial score (nSPS) is 9.94. The number of imidazole rings is 1. The Morgan fingerprint density at radius 3 is 2.88 bits per heavy atom. The van der Waals surface area contributed by atoms with Crippen molar-refractivity contribution >= 4 is 11.6 Å². The van der Waals surface area contributed by atoms with E-state index in [1.165, 1.54) is 0 Å². The van der Waals surface area contributed by atoms with Gasteiger partial charge in [-0.05, 0) is 12.1 Å². The van der Waals surface area contributed by atoms with Gasteiger partial charge in [0.15, 0.2) is 0 Å². The standard InChI is InChI=1S/C11H13N5O/c1-12-8-2-3-9(15-6-8)11(17)16-7-10-13-4-5-14-10/h2-6,12H,7H2,1H3,(H,13,14)(H,16,17). The number of nitrogens with zero attached hydrogens (tertiary/aromatic N) is 2. The molecular formula is C11H13N5O. The van der Waals surface area contributed by atoms with Gasteiger partial charge in [0.2, 0.25) is 0 Å². The second-order valence-electron chi connectivity index (χ2n) is 3.40. The van der Waals surface area contributed by atoms with Crippen LogP contribution in [0.2, 0.25) is 0 Å². The lowest BCUT2D eigenvalue weighted by Crippen LogP contribution is -2.24. The number of amides is 1. The fourth-order valence-corrected chi connectivity index (χ4v) is 1.33. The number of aromatic nitrogens is 3. The van der Waals surface area contributed by atoms with Gasteiger partial charge in [0, 0.05) is 19.4 Å². The summed E-state index contributed by atoms with van der Waals surface area (Å²) in [6.07, 6.45) is 4.96. The van der Waals surface area contributed by atoms with Gasteiger partial charge < -0.3 is 15.6 Å². The number of H-pyrrole nitrogens is 1. The number of nitrogens with one attached hydrogen (secondary N) is 3. The highest BCUT2D eigenvalue weighted by Gasteiger charge is 2.06. The molecule has 0 aliphatic rings. The Hall–Kier alpha value is -2.37. The van der Waals surface area contributed by atoms with Crippen molar-refractivity contribution in [2.24, 2.45) is 0 Å². The van der Waals surface area contributed by atoms with Crippen LogP contribution < -0.4 is 10.6 Å². The number of pyridine rings is 1. The van der Waals surface area contributed by atoms with E-state index in [2.05, 4.69) is 25.6 Å². The summed E-state index contributed by atoms with van der Waals surface area (Å²) in [6.45, 7) is 0.362. The maximum absolute atomic E-state index is 11.7. The number of anilines is 1. The Bertz CT molecular complexity index is 477. The summed E-state index contributed by atoms with van der Waals surface area (Å²) < 4.78 is 0. The molecule has 0 saturated carbocycles. The summed E-state index contributed by atoms with van der Waals surface area (Å²) in [6, 6.07) is 3.47. The number of aromatic amines is 1. The van der Waals surface area contributed by atoms with E-state index in [1.54, 1.807) is 37.8 Å². The maximum Gasteiger partial charge on any atom is 0.270 e. The lowest BCUT2D eigenvalue weighted by molar-refractivity contribution is 0.0945. The van der Waals surface area contributed by atoms with E-state index in [0.717, 1.165) is 5.69 Å². The Labute approximate surface area is 98.5 Å². The molecule has 0 aromatic carbocycles. The molecular weight excluding hydrogens is 218 g/mol. The molecule has 2 rings (SSSR count). The second-order valence-corrected chi connectivity index (χ2v) is 3.40. The average molecular weight is 231 g/mol. The first-order valence-electron chi connectivity index (χ1n) is 5.20. The molecule has 0 atom stereocenters. The van der Waals surface area contributed by atoms with Gasteiger partial charge in [0.05, 0.1) is 18.4 Å². The first kappa shape index (κ1) is 11.1. The summed E-state index contributed by atoms with van der Waals surface area (Å²) in [7, 11) is 1.80. The zero-order valence-electron chi connectivity index (χ0n) is 9.40. The molecule has 0 radical (unpaired) electrons. The molecule has 0 unspecified atom stereocenters. The molecule has 2 heterocycles. The minimum atomic E-state index is -0.218. The molecule has 1 amide bonds. The van der Waals surface area contributed by atoms with Crippen molar-refractivity contribution in [2.45, 2.75) is 6.54 Å². The van der Waals surface area contributed by atoms with Crippen molar-refractivity contribution in [1.29, 1.82) is 0 Å². The van der Waals surface area contributed by atoms with E-state index in [4.69, 9.17) is 0 Å². The Kier molecular flexibility index (Phi) is 3.34. The minimum Gasteiger partial charge on any atom is -0.387 e. The summed E-state index contributed by atoms with van der Waals surface area (Å²) in [5, 5.41) is 5.66. The van der Waals surface area contributed by atoms with Gasteiger partial charge in [-0.15, -0.1) is 0 Å². The third kappa shape index (κ3) is 2.81. The van der Waals surface area contributed by atoms with E-state index in [-0.39, 0.29) is 5.91 Å². The third-order valence-corrected chi connectivity index (χ3v) is 2.26. The van der Waals surface area contributed by atoms with Crippen LogP contribution in [0.5, 0.6) is 0 Å². The van der Waals surface area contributed by atoms with Crippen molar-refractivity contribution in [3.63, 3.8) is 0 Å². The van der Waals surface area contributed by atoms with Gasteiger partial charge in [0.1, 0.15) is 11.5 Å². The SMILES string of the molecule is CNc1ccc(C(=O)NCc2ncc[nH]2)nc1. The molecule has 3 N–H and O–H groups in total. The smallest absolute Gasteiger partial charge is 0.270 e. The zero-order chi connectivity index (χ0) is 12.1. The molecule has 0 aliphatic heterocycles. The Morgan fingerprint density at radius 2 is 2.29 bits per heavy atom. The Balaban J connectivity index is 1.95. The monoisotopic (exact) mass is 231 g/mol. The number of hydrogen-bond donors (Lipinski definition) is 3. The third-order valence-electron chi connectivity index (χ3n) is 2.26. The quantitative estimate of drug-likeness (QED) is 0.726. The first-order chi connectivity index (χ1) is 8.29. The molecule has 6 nitrogen and oxygen atoms in total. The molecule has 0 fully saturated rings. The first-order valence-corrected chi connectivity index (χ1v) is 5.20. The van der Waals surface area contributed by atoms with Gasteiger partial charge in [-0.3, -0.25) is 4.79 Å². The van der Waals surface area contributed by atoms with Crippen molar-refractivity contribution in [3.05, 3.63) is 42.2 Å². The van der Waals surface area contributed by atoms with Crippen LogP contribution in [0.4, 0.5) is 5.69 Å². The fourth-order valence-electron chi connectivity index (χ4n) is 1.33. The average Bonchev–Trinajstić information content (AvgIpc) is 2.89. The van der Waals surface area contributed by atoms with Crippen LogP contribution in [0.25, 0.3) is 0 Å². The van der Waals surface area contributed by atoms with Gasteiger partial charge >= 0.3 is 0 Å². The van der Waals surface area contributed by atoms with Gasteiger partial charge in [-0.1, -0.05) is 0 Å². The highest BCUT2D eigenvalue weighted by atomic mass is 16.1. The largest absolute Gasteiger partial charge is 0.387 e. The molecule has 6 heteroatoms. The summed E-state index contributed by atoms with van der Waals surface area (Å²) in [5.41, 5.74) is 1.25. The minimum absolute atomic E-state index is 0.218. The molecule has 0 spiro atoms. The summed E-state index contributed by atoms with van der Waals surface area (Å²) in [5.74, 6) is 0.495. The second kappa shape index (κ2) is 5.11. The maximum atomic E-state index is 11.7. The van der Waals surface area contributed by atoms with Crippen molar-refractivity contribution in [2.75, 3.05) is 12.4 Å². The van der Waals surface area contributed by atoms with Crippen LogP contribution in [-0.2, 0) is 6.54 Å². The molecule has 0 bridgehead atoms. The van der Waals surface area contributed by atoms with E-state index in [0.29, 0.717) is 18.1 Å². The summed E-state index contributed by atoms with van der Waals surface area (Å²) in [4.78, 5) is 22.7. The van der Waals surface area contributed by atoms with Crippen LogP contribution in [0.15, 0.2) is 30.7 Å². The van der Waals surface area contributed by atoms with Crippen LogP contribution in [0.1, 0.15) is 16.3 Å². The predicted octanol–water partition coefficient (Wildman–Crippen LogP) is 0.776. The molecule has 0 aliphatic carbocycles. The van der Waals surface area contributed by atoms with Crippen molar-refractivity contribution < 1.29 is 4.79 Å². The number of carbonyl (C=O) groups excluding carboxylic acids is 1. The van der Waals surface area contributed by atoms with Crippen LogP contribution in [-0.4, -0.2) is 27.9 Å². The van der Waals surface area contributed by atoms with Crippen molar-refractivity contribution in [1.82, 2.24) is 20.3 Å². The van der Waals surface area contributed by atoms with Gasteiger partial charge in [-0.25, -0.2) is 9.97 Å². The van der Waals surface area contributed by atoms with Gasteiger partial charge in [-0.2, -0.15) is 0 Å². The Morgan fingerprint density at radius 1 is 1.41 bits per heavy atom. The summed E-state index contributed by atoms with van der Waals surface area (Å²) >= 11 is 0. The highest BCUT2D eigenvalue weighted by molar-refractivity contribution is 5.92. The lowest BCUT2D eigenvalue weighted by atomic mass is 10.3. The van der Waals surface area contributed by atoms with E-state index in [9.17, 15) is 4.79 Å². The van der Waals surface area contributed by atoms with Gasteiger partial charge in [0.25, 0.3) is 5.91 Å². The fraction of sp³-hybridized carbons (Fsp3) is 0.182. The molecule has 17 heavy (non-hydrogen) atoms. The highest BCUT2D eigenvalue weighted by Crippen LogP contribution is 2.04. The number of hydrogen-bond acceptors (Lipinski definition) is 4. The topological polar surface area (TPSA) is 82.7 Å². The zero-order valence-corrected chi connectivity index (χ0v) is 9.40. The molecule has 0 saturated heterocycles. The van der Waals surface area contributed by atoms with E-state index >= 15 is 0 Å². The molecule has 2 aromatic heterocycles. The molecule has 88 valence electrons. The number of carbonyl (C=O) groups is 1. The molecule has 2 aromatic rings. The van der Waals surface area contributed by atoms with E-state index < -0.39 is 0 Å². The van der Waals surface area contributed by atoms with E-state index in [1.807, 2.05) is 0 Å².